The first-order valence-corrected chi connectivity index (χ1v) is 6.77. The Morgan fingerprint density at radius 1 is 1.21 bits per heavy atom. The summed E-state index contributed by atoms with van der Waals surface area (Å²) in [7, 11) is 0. The predicted octanol–water partition coefficient (Wildman–Crippen LogP) is 4.67. The van der Waals surface area contributed by atoms with Crippen LogP contribution in [0.1, 0.15) is 5.56 Å². The van der Waals surface area contributed by atoms with Gasteiger partial charge in [-0.25, -0.2) is 4.39 Å². The van der Waals surface area contributed by atoms with Gasteiger partial charge in [0.15, 0.2) is 11.6 Å². The largest absolute Gasteiger partial charge is 0.453 e. The van der Waals surface area contributed by atoms with Gasteiger partial charge in [-0.3, -0.25) is 0 Å². The molecule has 0 aliphatic heterocycles. The van der Waals surface area contributed by atoms with E-state index in [4.69, 9.17) is 34.3 Å². The third-order valence-electron chi connectivity index (χ3n) is 2.32. The molecule has 0 atom stereocenters. The number of nitrogens with two attached hydrogens (primary N) is 1. The third kappa shape index (κ3) is 3.43. The number of benzene rings is 2. The zero-order valence-electron chi connectivity index (χ0n) is 9.49. The highest BCUT2D eigenvalue weighted by Gasteiger charge is 2.11. The maximum Gasteiger partial charge on any atom is 0.166 e. The fourth-order valence-corrected chi connectivity index (χ4v) is 2.12. The number of hydrogen-bond donors (Lipinski definition) is 1. The maximum atomic E-state index is 13.7. The Labute approximate surface area is 128 Å². The number of halogens is 3. The summed E-state index contributed by atoms with van der Waals surface area (Å²) in [6.07, 6.45) is 0. The lowest BCUT2D eigenvalue weighted by Crippen LogP contribution is -2.10. The molecule has 0 radical (unpaired) electrons. The van der Waals surface area contributed by atoms with E-state index < -0.39 is 5.82 Å². The minimum Gasteiger partial charge on any atom is -0.453 e. The smallest absolute Gasteiger partial charge is 0.166 e. The summed E-state index contributed by atoms with van der Waals surface area (Å²) < 4.78 is 19.8. The molecule has 2 aromatic rings. The van der Waals surface area contributed by atoms with Crippen LogP contribution in [0.2, 0.25) is 5.02 Å². The van der Waals surface area contributed by atoms with Crippen LogP contribution in [0.15, 0.2) is 40.9 Å². The molecule has 0 aliphatic carbocycles. The summed E-state index contributed by atoms with van der Waals surface area (Å²) in [4.78, 5) is 0.157. The highest BCUT2D eigenvalue weighted by atomic mass is 79.9. The van der Waals surface area contributed by atoms with Crippen LogP contribution in [-0.4, -0.2) is 4.99 Å². The summed E-state index contributed by atoms with van der Waals surface area (Å²) >= 11 is 14.0. The highest BCUT2D eigenvalue weighted by Crippen LogP contribution is 2.31. The summed E-state index contributed by atoms with van der Waals surface area (Å²) in [6, 6.07) is 9.29. The molecule has 2 nitrogen and oxygen atoms in total. The van der Waals surface area contributed by atoms with Crippen molar-refractivity contribution in [3.63, 3.8) is 0 Å². The molecular formula is C13H8BrClFNOS. The molecule has 0 heterocycles. The molecule has 98 valence electrons. The van der Waals surface area contributed by atoms with Crippen molar-refractivity contribution in [1.29, 1.82) is 0 Å². The van der Waals surface area contributed by atoms with Crippen LogP contribution in [0.25, 0.3) is 0 Å². The Kier molecular flexibility index (Phi) is 4.39. The second-order valence-electron chi connectivity index (χ2n) is 3.68. The monoisotopic (exact) mass is 359 g/mol. The normalized spacial score (nSPS) is 10.3. The lowest BCUT2D eigenvalue weighted by atomic mass is 10.2. The average Bonchev–Trinajstić information content (AvgIpc) is 2.32. The van der Waals surface area contributed by atoms with E-state index in [-0.39, 0.29) is 10.7 Å². The van der Waals surface area contributed by atoms with Crippen LogP contribution in [-0.2, 0) is 0 Å². The van der Waals surface area contributed by atoms with Gasteiger partial charge in [-0.1, -0.05) is 39.7 Å². The van der Waals surface area contributed by atoms with Crippen molar-refractivity contribution in [1.82, 2.24) is 0 Å². The lowest BCUT2D eigenvalue weighted by Gasteiger charge is -2.11. The Hall–Kier alpha value is -1.17. The molecule has 0 spiro atoms. The Bertz CT molecular complexity index is 651. The van der Waals surface area contributed by atoms with Crippen molar-refractivity contribution in [2.75, 3.05) is 0 Å². The number of hydrogen-bond acceptors (Lipinski definition) is 2. The van der Waals surface area contributed by atoms with Crippen molar-refractivity contribution in [2.45, 2.75) is 0 Å². The van der Waals surface area contributed by atoms with Crippen LogP contribution in [0, 0.1) is 5.82 Å². The molecule has 2 N–H and O–H groups in total. The lowest BCUT2D eigenvalue weighted by molar-refractivity contribution is 0.441. The highest BCUT2D eigenvalue weighted by molar-refractivity contribution is 9.10. The zero-order valence-corrected chi connectivity index (χ0v) is 12.7. The van der Waals surface area contributed by atoms with Gasteiger partial charge in [-0.2, -0.15) is 0 Å². The summed E-state index contributed by atoms with van der Waals surface area (Å²) in [5.41, 5.74) is 6.09. The van der Waals surface area contributed by atoms with E-state index in [0.29, 0.717) is 20.8 Å². The van der Waals surface area contributed by atoms with Crippen LogP contribution in [0.3, 0.4) is 0 Å². The van der Waals surface area contributed by atoms with Gasteiger partial charge in [0.1, 0.15) is 10.7 Å². The van der Waals surface area contributed by atoms with E-state index in [1.165, 1.54) is 18.2 Å². The van der Waals surface area contributed by atoms with Gasteiger partial charge >= 0.3 is 0 Å². The quantitative estimate of drug-likeness (QED) is 0.808. The van der Waals surface area contributed by atoms with Gasteiger partial charge in [0, 0.05) is 15.6 Å². The van der Waals surface area contributed by atoms with Gasteiger partial charge in [-0.15, -0.1) is 0 Å². The van der Waals surface area contributed by atoms with E-state index in [2.05, 4.69) is 15.9 Å². The molecule has 0 unspecified atom stereocenters. The van der Waals surface area contributed by atoms with Gasteiger partial charge in [0.05, 0.1) is 5.56 Å². The molecule has 0 saturated carbocycles. The molecule has 0 saturated heterocycles. The standard InChI is InChI=1S/C13H8BrClFNOS/c14-7-1-4-11(10(16)5-7)18-12-6-8(15)2-3-9(12)13(17)19/h1-6H,(H2,17,19). The van der Waals surface area contributed by atoms with Crippen LogP contribution >= 0.6 is 39.7 Å². The number of rotatable bonds is 3. The van der Waals surface area contributed by atoms with Crippen molar-refractivity contribution in [3.05, 3.63) is 57.3 Å². The predicted molar refractivity (Wildman–Crippen MR) is 81.5 cm³/mol. The van der Waals surface area contributed by atoms with Gasteiger partial charge < -0.3 is 10.5 Å². The fourth-order valence-electron chi connectivity index (χ4n) is 1.46. The molecule has 0 fully saturated rings. The van der Waals surface area contributed by atoms with Gasteiger partial charge in [0.2, 0.25) is 0 Å². The summed E-state index contributed by atoms with van der Waals surface area (Å²) in [6.45, 7) is 0. The number of ether oxygens (including phenoxy) is 1. The first kappa shape index (κ1) is 14.2. The zero-order chi connectivity index (χ0) is 14.0. The Morgan fingerprint density at radius 3 is 2.58 bits per heavy atom. The molecule has 0 bridgehead atoms. The first-order chi connectivity index (χ1) is 8.97. The van der Waals surface area contributed by atoms with Crippen molar-refractivity contribution in [3.8, 4) is 11.5 Å². The topological polar surface area (TPSA) is 35.2 Å². The molecular weight excluding hydrogens is 353 g/mol. The van der Waals surface area contributed by atoms with Crippen molar-refractivity contribution < 1.29 is 9.13 Å². The second-order valence-corrected chi connectivity index (χ2v) is 5.47. The van der Waals surface area contributed by atoms with E-state index in [1.807, 2.05) is 0 Å². The van der Waals surface area contributed by atoms with E-state index in [9.17, 15) is 4.39 Å². The maximum absolute atomic E-state index is 13.7. The third-order valence-corrected chi connectivity index (χ3v) is 3.27. The summed E-state index contributed by atoms with van der Waals surface area (Å²) in [5.74, 6) is -0.104. The molecule has 6 heteroatoms. The van der Waals surface area contributed by atoms with Crippen LogP contribution in [0.5, 0.6) is 11.5 Å². The minimum absolute atomic E-state index is 0.0722. The summed E-state index contributed by atoms with van der Waals surface area (Å²) in [5, 5.41) is 0.451. The van der Waals surface area contributed by atoms with E-state index in [0.717, 1.165) is 0 Å². The first-order valence-electron chi connectivity index (χ1n) is 5.19. The van der Waals surface area contributed by atoms with Gasteiger partial charge in [0.25, 0.3) is 0 Å². The van der Waals surface area contributed by atoms with E-state index in [1.54, 1.807) is 18.2 Å². The Balaban J connectivity index is 2.42. The molecule has 19 heavy (non-hydrogen) atoms. The molecule has 0 aromatic heterocycles. The fraction of sp³-hybridized carbons (Fsp3) is 0. The molecule has 2 rings (SSSR count). The SMILES string of the molecule is NC(=S)c1ccc(Cl)cc1Oc1ccc(Br)cc1F. The van der Waals surface area contributed by atoms with E-state index >= 15 is 0 Å². The molecule has 0 amide bonds. The van der Waals surface area contributed by atoms with Crippen LogP contribution in [0.4, 0.5) is 4.39 Å². The minimum atomic E-state index is -0.497. The average molecular weight is 361 g/mol. The second kappa shape index (κ2) is 5.86. The van der Waals surface area contributed by atoms with Crippen molar-refractivity contribution >= 4 is 44.7 Å². The molecule has 2 aromatic carbocycles. The Morgan fingerprint density at radius 2 is 1.95 bits per heavy atom. The van der Waals surface area contributed by atoms with Crippen molar-refractivity contribution in [2.24, 2.45) is 5.73 Å². The molecule has 0 aliphatic rings. The van der Waals surface area contributed by atoms with Gasteiger partial charge in [-0.05, 0) is 30.3 Å². The van der Waals surface area contributed by atoms with Crippen LogP contribution < -0.4 is 10.5 Å². The number of thiocarbonyl (C=S) groups is 1.